The summed E-state index contributed by atoms with van der Waals surface area (Å²) in [6, 6.07) is 106. The van der Waals surface area contributed by atoms with Crippen molar-refractivity contribution in [1.82, 2.24) is 29.5 Å². The van der Waals surface area contributed by atoms with Crippen molar-refractivity contribution in [3.63, 3.8) is 0 Å². The summed E-state index contributed by atoms with van der Waals surface area (Å²) >= 11 is 6.15. The van der Waals surface area contributed by atoms with Gasteiger partial charge in [-0.2, -0.15) is 0 Å². The van der Waals surface area contributed by atoms with Gasteiger partial charge in [-0.3, -0.25) is 4.57 Å². The van der Waals surface area contributed by atoms with Crippen LogP contribution in [-0.4, -0.2) is 29.5 Å². The SMILES string of the molecule is Clc1nc(-c2ccccc2)c2ccc3ccccc3c2n1.c1ccc(-c2nc(-n3c4ccccc4c4ccc5c(ccc6ccc7c8ccccc8oc7c65)c43)nc3c2ccc2ccccc23)cc1.c1ccc2c(c1)[nH]c1c2ccc2c1ccc1ccc3c4ccccc4oc3c12. The number of fused-ring (bicyclic) bond motifs is 28. The number of nitrogens with one attached hydrogen (secondary N) is 1. The molecule has 8 nitrogen and oxygen atoms in total. The van der Waals surface area contributed by atoms with Crippen LogP contribution in [0.4, 0.5) is 0 Å². The Labute approximate surface area is 557 Å². The number of hydrogen-bond acceptors (Lipinski definition) is 6. The number of benzene rings is 16. The third-order valence-electron chi connectivity index (χ3n) is 19.6. The highest BCUT2D eigenvalue weighted by Gasteiger charge is 2.23. The van der Waals surface area contributed by atoms with Crippen molar-refractivity contribution in [2.24, 2.45) is 0 Å². The first-order valence-corrected chi connectivity index (χ1v) is 32.9. The maximum atomic E-state index is 6.58. The van der Waals surface area contributed by atoms with Crippen LogP contribution in [0.5, 0.6) is 0 Å². The summed E-state index contributed by atoms with van der Waals surface area (Å²) in [4.78, 5) is 23.3. The Kier molecular flexibility index (Phi) is 12.2. The first-order valence-electron chi connectivity index (χ1n) is 32.5. The highest BCUT2D eigenvalue weighted by molar-refractivity contribution is 6.31. The predicted molar refractivity (Wildman–Crippen MR) is 405 cm³/mol. The average molecular weight is 1260 g/mol. The Bertz CT molecular complexity index is 7030. The number of aromatic amines is 1. The molecule has 0 fully saturated rings. The third-order valence-corrected chi connectivity index (χ3v) is 19.8. The lowest BCUT2D eigenvalue weighted by Crippen LogP contribution is -2.04. The Morgan fingerprint density at radius 1 is 0.289 bits per heavy atom. The highest BCUT2D eigenvalue weighted by Crippen LogP contribution is 2.45. The quantitative estimate of drug-likeness (QED) is 0.140. The van der Waals surface area contributed by atoms with E-state index in [-0.39, 0.29) is 5.28 Å². The lowest BCUT2D eigenvalue weighted by atomic mass is 9.97. The van der Waals surface area contributed by atoms with Crippen molar-refractivity contribution in [1.29, 1.82) is 0 Å². The van der Waals surface area contributed by atoms with E-state index in [2.05, 4.69) is 250 Å². The number of halogens is 1. The monoisotopic (exact) mass is 1260 g/mol. The zero-order chi connectivity index (χ0) is 63.8. The second-order valence-electron chi connectivity index (χ2n) is 24.9. The van der Waals surface area contributed by atoms with Gasteiger partial charge in [0.2, 0.25) is 11.2 Å². The van der Waals surface area contributed by atoms with E-state index < -0.39 is 0 Å². The summed E-state index contributed by atoms with van der Waals surface area (Å²) in [7, 11) is 0. The minimum Gasteiger partial charge on any atom is -0.455 e. The molecule has 0 bridgehead atoms. The fraction of sp³-hybridized carbons (Fsp3) is 0. The molecule has 0 saturated carbocycles. The van der Waals surface area contributed by atoms with Crippen molar-refractivity contribution in [2.45, 2.75) is 0 Å². The first-order chi connectivity index (χ1) is 48.0. The Morgan fingerprint density at radius 2 is 0.701 bits per heavy atom. The van der Waals surface area contributed by atoms with Gasteiger partial charge in [0, 0.05) is 103 Å². The van der Waals surface area contributed by atoms with Gasteiger partial charge in [-0.25, -0.2) is 19.9 Å². The van der Waals surface area contributed by atoms with E-state index in [1.807, 2.05) is 72.8 Å². The van der Waals surface area contributed by atoms with Crippen LogP contribution in [0.2, 0.25) is 5.28 Å². The molecule has 97 heavy (non-hydrogen) atoms. The minimum atomic E-state index is 0.276. The van der Waals surface area contributed by atoms with E-state index >= 15 is 0 Å². The van der Waals surface area contributed by atoms with E-state index in [4.69, 9.17) is 30.4 Å². The molecular formula is C88H51ClN6O2. The Morgan fingerprint density at radius 3 is 1.32 bits per heavy atom. The Hall–Kier alpha value is -12.8. The lowest BCUT2D eigenvalue weighted by molar-refractivity contribution is 0.672. The summed E-state index contributed by atoms with van der Waals surface area (Å²) in [6.07, 6.45) is 0. The number of hydrogen-bond donors (Lipinski definition) is 1. The minimum absolute atomic E-state index is 0.276. The van der Waals surface area contributed by atoms with Crippen LogP contribution in [0, 0.1) is 0 Å². The summed E-state index contributed by atoms with van der Waals surface area (Å²) in [5.74, 6) is 0.651. The van der Waals surface area contributed by atoms with Crippen molar-refractivity contribution < 1.29 is 8.83 Å². The molecule has 22 rings (SSSR count). The molecule has 0 aliphatic heterocycles. The van der Waals surface area contributed by atoms with Crippen molar-refractivity contribution in [2.75, 3.05) is 0 Å². The van der Waals surface area contributed by atoms with Gasteiger partial charge in [-0.05, 0) is 92.4 Å². The number of rotatable bonds is 3. The van der Waals surface area contributed by atoms with E-state index in [0.29, 0.717) is 5.95 Å². The molecule has 0 saturated heterocycles. The molecular weight excluding hydrogens is 1210 g/mol. The van der Waals surface area contributed by atoms with Crippen molar-refractivity contribution in [3.8, 4) is 28.5 Å². The summed E-state index contributed by atoms with van der Waals surface area (Å²) in [5, 5.41) is 25.7. The number of furan rings is 2. The summed E-state index contributed by atoms with van der Waals surface area (Å²) < 4.78 is 15.2. The average Bonchev–Trinajstić information content (AvgIpc) is 1.59. The van der Waals surface area contributed by atoms with Gasteiger partial charge in [-0.15, -0.1) is 0 Å². The second kappa shape index (κ2) is 21.7. The predicted octanol–water partition coefficient (Wildman–Crippen LogP) is 24.4. The van der Waals surface area contributed by atoms with Crippen LogP contribution in [-0.2, 0) is 0 Å². The zero-order valence-electron chi connectivity index (χ0n) is 51.8. The fourth-order valence-electron chi connectivity index (χ4n) is 15.2. The van der Waals surface area contributed by atoms with E-state index in [9.17, 15) is 0 Å². The zero-order valence-corrected chi connectivity index (χ0v) is 52.6. The van der Waals surface area contributed by atoms with E-state index in [1.165, 1.54) is 59.5 Å². The van der Waals surface area contributed by atoms with Crippen LogP contribution in [0.1, 0.15) is 0 Å². The molecule has 0 amide bonds. The Balaban J connectivity index is 0.000000110. The van der Waals surface area contributed by atoms with Gasteiger partial charge in [-0.1, -0.05) is 255 Å². The second-order valence-corrected chi connectivity index (χ2v) is 25.2. The first kappa shape index (κ1) is 54.8. The van der Waals surface area contributed by atoms with Crippen LogP contribution >= 0.6 is 11.6 Å². The molecule has 0 aliphatic rings. The highest BCUT2D eigenvalue weighted by atomic mass is 35.5. The van der Waals surface area contributed by atoms with Gasteiger partial charge in [0.1, 0.15) is 22.3 Å². The van der Waals surface area contributed by atoms with E-state index in [1.54, 1.807) is 0 Å². The third kappa shape index (κ3) is 8.57. The fourth-order valence-corrected chi connectivity index (χ4v) is 15.4. The molecule has 6 aromatic heterocycles. The van der Waals surface area contributed by atoms with Crippen LogP contribution < -0.4 is 0 Å². The van der Waals surface area contributed by atoms with Gasteiger partial charge < -0.3 is 13.8 Å². The molecule has 0 aliphatic carbocycles. The maximum Gasteiger partial charge on any atom is 0.235 e. The lowest BCUT2D eigenvalue weighted by Gasteiger charge is -2.14. The molecule has 0 radical (unpaired) electrons. The largest absolute Gasteiger partial charge is 0.455 e. The van der Waals surface area contributed by atoms with Crippen LogP contribution in [0.3, 0.4) is 0 Å². The number of aromatic nitrogens is 6. The molecule has 1 N–H and O–H groups in total. The summed E-state index contributed by atoms with van der Waals surface area (Å²) in [6.45, 7) is 0. The number of para-hydroxylation sites is 4. The molecule has 22 aromatic rings. The van der Waals surface area contributed by atoms with E-state index in [0.717, 1.165) is 137 Å². The maximum absolute atomic E-state index is 6.58. The molecule has 9 heteroatoms. The van der Waals surface area contributed by atoms with Gasteiger partial charge in [0.25, 0.3) is 0 Å². The topological polar surface area (TPSA) is 98.6 Å². The van der Waals surface area contributed by atoms with Crippen LogP contribution in [0.25, 0.3) is 202 Å². The van der Waals surface area contributed by atoms with Gasteiger partial charge in [0.05, 0.1) is 39.0 Å². The summed E-state index contributed by atoms with van der Waals surface area (Å²) in [5.41, 5.74) is 14.0. The molecule has 6 heterocycles. The molecule has 452 valence electrons. The number of nitrogens with zero attached hydrogens (tertiary/aromatic N) is 5. The molecule has 16 aromatic carbocycles. The van der Waals surface area contributed by atoms with Crippen molar-refractivity contribution in [3.05, 3.63) is 309 Å². The normalized spacial score (nSPS) is 12.0. The van der Waals surface area contributed by atoms with Gasteiger partial charge >= 0.3 is 0 Å². The molecule has 0 spiro atoms. The standard InChI is InChI=1S/C44H25N3O.C26H15NO.C18H11ClN2/c1-2-11-28(12-3-1)40-36-23-18-26-10-4-5-13-29(26)41(36)46-44(45-40)47-37-16-8-6-14-30(37)33-25-24-32-34(42(33)47)21-19-27-20-22-35-31-15-7-9-17-38(31)48-43(35)39(27)32;1-3-7-22-16(5-1)19-14-13-18-20(25(19)27-22)11-9-15-10-12-21-17-6-2-4-8-23(17)28-26(21)24(15)18;19-18-20-16(13-7-2-1-3-8-13)15-11-10-12-6-4-5-9-14(12)17(15)21-18/h1-25H;1-14,27H;1-11H. The molecule has 0 atom stereocenters. The van der Waals surface area contributed by atoms with Gasteiger partial charge in [0.15, 0.2) is 0 Å². The van der Waals surface area contributed by atoms with Crippen molar-refractivity contribution >= 4 is 186 Å². The van der Waals surface area contributed by atoms with Crippen LogP contribution in [0.15, 0.2) is 312 Å². The number of H-pyrrole nitrogens is 1. The molecule has 0 unspecified atom stereocenters. The smallest absolute Gasteiger partial charge is 0.235 e.